The Kier molecular flexibility index (Phi) is 5.37. The van der Waals surface area contributed by atoms with Gasteiger partial charge in [-0.25, -0.2) is 9.97 Å². The van der Waals surface area contributed by atoms with Crippen molar-refractivity contribution in [3.63, 3.8) is 0 Å². The molecule has 3 N–H and O–H groups in total. The number of anilines is 4. The zero-order valence-corrected chi connectivity index (χ0v) is 17.4. The Hall–Kier alpha value is -3.64. The van der Waals surface area contributed by atoms with Gasteiger partial charge in [-0.3, -0.25) is 4.90 Å². The normalized spacial score (nSPS) is 14.6. The molecule has 0 bridgehead atoms. The minimum Gasteiger partial charge on any atom is -0.393 e. The third kappa shape index (κ3) is 4.15. The molecule has 1 aliphatic heterocycles. The number of nitrogen functional groups attached to an aromatic ring is 1. The fourth-order valence-electron chi connectivity index (χ4n) is 4.16. The Morgan fingerprint density at radius 2 is 1.55 bits per heavy atom. The highest BCUT2D eigenvalue weighted by atomic mass is 15.3. The first-order chi connectivity index (χ1) is 15.3. The van der Waals surface area contributed by atoms with Crippen molar-refractivity contribution in [3.05, 3.63) is 84.7 Å². The van der Waals surface area contributed by atoms with Crippen molar-refractivity contribution in [2.75, 3.05) is 42.1 Å². The fourth-order valence-corrected chi connectivity index (χ4v) is 4.16. The minimum atomic E-state index is 0.590. The van der Waals surface area contributed by atoms with Gasteiger partial charge >= 0.3 is 0 Å². The van der Waals surface area contributed by atoms with E-state index in [-0.39, 0.29) is 0 Å². The summed E-state index contributed by atoms with van der Waals surface area (Å²) >= 11 is 0. The number of nitrogens with zero attached hydrogens (tertiary/aromatic N) is 4. The molecule has 6 nitrogen and oxygen atoms in total. The number of nitrogens with one attached hydrogen (secondary N) is 1. The smallest absolute Gasteiger partial charge is 0.159 e. The maximum atomic E-state index is 6.52. The van der Waals surface area contributed by atoms with Crippen LogP contribution in [-0.4, -0.2) is 41.0 Å². The molecule has 1 aromatic heterocycles. The van der Waals surface area contributed by atoms with Gasteiger partial charge in [0.15, 0.2) is 11.6 Å². The first kappa shape index (κ1) is 19.3. The number of benzene rings is 3. The van der Waals surface area contributed by atoms with Crippen LogP contribution in [0.4, 0.5) is 23.0 Å². The first-order valence-corrected chi connectivity index (χ1v) is 10.6. The minimum absolute atomic E-state index is 0.590. The SMILES string of the molecule is Nc1c(Nc2cccc3ccccc23)ncnc1N1CCN(Cc2ccccc2)CC1. The third-order valence-corrected chi connectivity index (χ3v) is 5.83. The second-order valence-electron chi connectivity index (χ2n) is 7.86. The largest absolute Gasteiger partial charge is 0.393 e. The molecular weight excluding hydrogens is 384 g/mol. The van der Waals surface area contributed by atoms with Gasteiger partial charge in [-0.15, -0.1) is 0 Å². The lowest BCUT2D eigenvalue weighted by Gasteiger charge is -2.36. The second-order valence-corrected chi connectivity index (χ2v) is 7.86. The summed E-state index contributed by atoms with van der Waals surface area (Å²) in [5.41, 5.74) is 9.45. The summed E-state index contributed by atoms with van der Waals surface area (Å²) in [6, 6.07) is 25.1. The van der Waals surface area contributed by atoms with E-state index in [0.29, 0.717) is 11.5 Å². The molecule has 0 atom stereocenters. The van der Waals surface area contributed by atoms with Crippen LogP contribution in [0, 0.1) is 0 Å². The van der Waals surface area contributed by atoms with Crippen LogP contribution in [0.25, 0.3) is 10.8 Å². The topological polar surface area (TPSA) is 70.3 Å². The van der Waals surface area contributed by atoms with Crippen LogP contribution in [0.1, 0.15) is 5.56 Å². The van der Waals surface area contributed by atoms with Crippen molar-refractivity contribution in [3.8, 4) is 0 Å². The first-order valence-electron chi connectivity index (χ1n) is 10.6. The van der Waals surface area contributed by atoms with Gasteiger partial charge in [-0.2, -0.15) is 0 Å². The van der Waals surface area contributed by atoms with Crippen LogP contribution < -0.4 is 16.0 Å². The summed E-state index contributed by atoms with van der Waals surface area (Å²) in [6.45, 7) is 4.71. The van der Waals surface area contributed by atoms with Crippen LogP contribution in [0.3, 0.4) is 0 Å². The van der Waals surface area contributed by atoms with Gasteiger partial charge in [0.25, 0.3) is 0 Å². The number of aromatic nitrogens is 2. The highest BCUT2D eigenvalue weighted by Crippen LogP contribution is 2.32. The molecule has 5 rings (SSSR count). The zero-order valence-electron chi connectivity index (χ0n) is 17.4. The van der Waals surface area contributed by atoms with Crippen molar-refractivity contribution in [2.24, 2.45) is 0 Å². The lowest BCUT2D eigenvalue weighted by molar-refractivity contribution is 0.249. The van der Waals surface area contributed by atoms with E-state index in [1.165, 1.54) is 10.9 Å². The number of piperazine rings is 1. The molecule has 0 aliphatic carbocycles. The molecule has 156 valence electrons. The highest BCUT2D eigenvalue weighted by molar-refractivity contribution is 5.96. The molecule has 1 aliphatic rings. The summed E-state index contributed by atoms with van der Waals surface area (Å²) in [5, 5.41) is 5.74. The maximum absolute atomic E-state index is 6.52. The predicted molar refractivity (Wildman–Crippen MR) is 128 cm³/mol. The van der Waals surface area contributed by atoms with Gasteiger partial charge < -0.3 is 16.0 Å². The average molecular weight is 411 g/mol. The fraction of sp³-hybridized carbons (Fsp3) is 0.200. The quantitative estimate of drug-likeness (QED) is 0.512. The standard InChI is InChI=1S/C25H26N6/c26-23-24(29-22-12-6-10-20-9-4-5-11-21(20)22)27-18-28-25(23)31-15-13-30(14-16-31)17-19-7-2-1-3-8-19/h1-12,18H,13-17,26H2,(H,27,28,29). The van der Waals surface area contributed by atoms with Crippen LogP contribution in [0.15, 0.2) is 79.1 Å². The van der Waals surface area contributed by atoms with Gasteiger partial charge in [-0.1, -0.05) is 66.7 Å². The number of hydrogen-bond donors (Lipinski definition) is 2. The van der Waals surface area contributed by atoms with E-state index in [1.54, 1.807) is 6.33 Å². The van der Waals surface area contributed by atoms with Crippen molar-refractivity contribution in [1.82, 2.24) is 14.9 Å². The Bertz CT molecular complexity index is 1160. The number of hydrogen-bond acceptors (Lipinski definition) is 6. The van der Waals surface area contributed by atoms with Crippen LogP contribution in [0.2, 0.25) is 0 Å². The maximum Gasteiger partial charge on any atom is 0.159 e. The van der Waals surface area contributed by atoms with Crippen molar-refractivity contribution < 1.29 is 0 Å². The highest BCUT2D eigenvalue weighted by Gasteiger charge is 2.21. The number of nitrogens with two attached hydrogens (primary N) is 1. The molecule has 0 amide bonds. The molecule has 31 heavy (non-hydrogen) atoms. The van der Waals surface area contributed by atoms with Gasteiger partial charge in [0.2, 0.25) is 0 Å². The molecule has 0 saturated carbocycles. The summed E-state index contributed by atoms with van der Waals surface area (Å²) in [4.78, 5) is 13.7. The molecule has 4 aromatic rings. The zero-order chi connectivity index (χ0) is 21.0. The molecule has 6 heteroatoms. The Morgan fingerprint density at radius 1 is 0.806 bits per heavy atom. The van der Waals surface area contributed by atoms with E-state index in [0.717, 1.165) is 49.6 Å². The van der Waals surface area contributed by atoms with Crippen molar-refractivity contribution >= 4 is 33.8 Å². The molecule has 0 radical (unpaired) electrons. The Morgan fingerprint density at radius 3 is 2.39 bits per heavy atom. The summed E-state index contributed by atoms with van der Waals surface area (Å²) in [6.07, 6.45) is 1.59. The lowest BCUT2D eigenvalue weighted by Crippen LogP contribution is -2.46. The monoisotopic (exact) mass is 410 g/mol. The van der Waals surface area contributed by atoms with E-state index < -0.39 is 0 Å². The van der Waals surface area contributed by atoms with E-state index in [2.05, 4.69) is 73.6 Å². The average Bonchev–Trinajstić information content (AvgIpc) is 2.82. The van der Waals surface area contributed by atoms with E-state index >= 15 is 0 Å². The number of rotatable bonds is 5. The van der Waals surface area contributed by atoms with Crippen molar-refractivity contribution in [2.45, 2.75) is 6.54 Å². The molecular formula is C25H26N6. The van der Waals surface area contributed by atoms with Crippen LogP contribution in [-0.2, 0) is 6.54 Å². The predicted octanol–water partition coefficient (Wildman–Crippen LogP) is 4.28. The molecule has 2 heterocycles. The van der Waals surface area contributed by atoms with Gasteiger partial charge in [0, 0.05) is 43.8 Å². The number of fused-ring (bicyclic) bond motifs is 1. The van der Waals surface area contributed by atoms with E-state index in [1.807, 2.05) is 24.3 Å². The van der Waals surface area contributed by atoms with Gasteiger partial charge in [-0.05, 0) is 17.0 Å². The molecule has 1 saturated heterocycles. The molecule has 0 spiro atoms. The Labute approximate surface area is 182 Å². The summed E-state index contributed by atoms with van der Waals surface area (Å²) < 4.78 is 0. The lowest BCUT2D eigenvalue weighted by atomic mass is 10.1. The van der Waals surface area contributed by atoms with Gasteiger partial charge in [0.05, 0.1) is 0 Å². The Balaban J connectivity index is 1.31. The van der Waals surface area contributed by atoms with E-state index in [4.69, 9.17) is 5.73 Å². The summed E-state index contributed by atoms with van der Waals surface area (Å²) in [5.74, 6) is 1.45. The van der Waals surface area contributed by atoms with Crippen LogP contribution in [0.5, 0.6) is 0 Å². The molecule has 1 fully saturated rings. The molecule has 0 unspecified atom stereocenters. The summed E-state index contributed by atoms with van der Waals surface area (Å²) in [7, 11) is 0. The van der Waals surface area contributed by atoms with Gasteiger partial charge in [0.1, 0.15) is 12.0 Å². The molecule has 3 aromatic carbocycles. The van der Waals surface area contributed by atoms with E-state index in [9.17, 15) is 0 Å². The van der Waals surface area contributed by atoms with Crippen LogP contribution >= 0.6 is 0 Å². The second kappa shape index (κ2) is 8.62. The third-order valence-electron chi connectivity index (χ3n) is 5.83. The van der Waals surface area contributed by atoms with Crippen molar-refractivity contribution in [1.29, 1.82) is 0 Å².